The molecule has 6 nitrogen and oxygen atoms in total. The lowest BCUT2D eigenvalue weighted by Gasteiger charge is -2.26. The number of nitrogens with one attached hydrogen (secondary N) is 1. The van der Waals surface area contributed by atoms with Gasteiger partial charge in [-0.05, 0) is 35.3 Å². The first-order valence-corrected chi connectivity index (χ1v) is 6.13. The average Bonchev–Trinajstić information content (AvgIpc) is 2.31. The topological polar surface area (TPSA) is 111 Å². The quantitative estimate of drug-likeness (QED) is 0.763. The Kier molecular flexibility index (Phi) is 4.28. The van der Waals surface area contributed by atoms with Gasteiger partial charge in [0.2, 0.25) is 5.91 Å². The van der Waals surface area contributed by atoms with Gasteiger partial charge in [-0.15, -0.1) is 0 Å². The van der Waals surface area contributed by atoms with Gasteiger partial charge in [0.25, 0.3) is 5.91 Å². The van der Waals surface area contributed by atoms with Gasteiger partial charge in [-0.25, -0.2) is 4.98 Å². The second kappa shape index (κ2) is 5.34. The van der Waals surface area contributed by atoms with Crippen LogP contribution in [0.1, 0.15) is 30.6 Å². The van der Waals surface area contributed by atoms with E-state index in [0.29, 0.717) is 10.9 Å². The fraction of sp³-hybridized carbons (Fsp3) is 0.364. The molecular formula is C11H15BrN4O2. The van der Waals surface area contributed by atoms with Crippen molar-refractivity contribution in [2.45, 2.75) is 25.8 Å². The molecule has 0 spiro atoms. The number of nitrogens with two attached hydrogens (primary N) is 2. The number of primary amides is 1. The maximum absolute atomic E-state index is 12.0. The number of rotatable bonds is 4. The number of nitrogen functional groups attached to an aromatic ring is 1. The lowest BCUT2D eigenvalue weighted by Crippen LogP contribution is -2.55. The van der Waals surface area contributed by atoms with Crippen LogP contribution in [0.15, 0.2) is 16.7 Å². The third-order valence-corrected chi connectivity index (χ3v) is 3.20. The van der Waals surface area contributed by atoms with Crippen LogP contribution in [0.5, 0.6) is 0 Å². The van der Waals surface area contributed by atoms with E-state index in [1.165, 1.54) is 12.3 Å². The van der Waals surface area contributed by atoms with Crippen LogP contribution in [-0.4, -0.2) is 22.3 Å². The van der Waals surface area contributed by atoms with Crippen molar-refractivity contribution in [1.82, 2.24) is 10.3 Å². The Labute approximate surface area is 113 Å². The molecular weight excluding hydrogens is 300 g/mol. The Morgan fingerprint density at radius 1 is 1.56 bits per heavy atom. The standard InChI is InChI=1S/C11H15BrN4O2/c1-3-11(2,10(14)18)16-9(17)7-4-6(12)5-15-8(7)13/h4-5H,3H2,1-2H3,(H2,13,15)(H2,14,18)(H,16,17). The number of halogens is 1. The number of carbonyl (C=O) groups is 2. The number of amides is 2. The summed E-state index contributed by atoms with van der Waals surface area (Å²) in [5, 5.41) is 2.57. The van der Waals surface area contributed by atoms with E-state index in [4.69, 9.17) is 11.5 Å². The van der Waals surface area contributed by atoms with E-state index in [9.17, 15) is 9.59 Å². The summed E-state index contributed by atoms with van der Waals surface area (Å²) in [5.74, 6) is -0.983. The summed E-state index contributed by atoms with van der Waals surface area (Å²) in [6, 6.07) is 1.54. The van der Waals surface area contributed by atoms with Crippen molar-refractivity contribution in [2.24, 2.45) is 5.73 Å². The summed E-state index contributed by atoms with van der Waals surface area (Å²) < 4.78 is 0.624. The van der Waals surface area contributed by atoms with Crippen LogP contribution in [0, 0.1) is 0 Å². The number of anilines is 1. The zero-order chi connectivity index (χ0) is 13.9. The summed E-state index contributed by atoms with van der Waals surface area (Å²) >= 11 is 3.20. The van der Waals surface area contributed by atoms with Crippen molar-refractivity contribution < 1.29 is 9.59 Å². The van der Waals surface area contributed by atoms with Gasteiger partial charge in [0, 0.05) is 10.7 Å². The van der Waals surface area contributed by atoms with Crippen molar-refractivity contribution in [2.75, 3.05) is 5.73 Å². The maximum Gasteiger partial charge on any atom is 0.255 e. The Hall–Kier alpha value is -1.63. The first-order chi connectivity index (χ1) is 8.30. The molecule has 0 aliphatic carbocycles. The van der Waals surface area contributed by atoms with Crippen molar-refractivity contribution in [1.29, 1.82) is 0 Å². The van der Waals surface area contributed by atoms with Gasteiger partial charge >= 0.3 is 0 Å². The molecule has 0 bridgehead atoms. The van der Waals surface area contributed by atoms with Crippen LogP contribution in [-0.2, 0) is 4.79 Å². The number of nitrogens with zero attached hydrogens (tertiary/aromatic N) is 1. The average molecular weight is 315 g/mol. The molecule has 5 N–H and O–H groups in total. The Morgan fingerprint density at radius 2 is 2.17 bits per heavy atom. The van der Waals surface area contributed by atoms with E-state index < -0.39 is 17.4 Å². The minimum atomic E-state index is -1.11. The normalized spacial score (nSPS) is 13.7. The molecule has 1 aromatic rings. The van der Waals surface area contributed by atoms with Crippen LogP contribution >= 0.6 is 15.9 Å². The Bertz CT molecular complexity index is 492. The maximum atomic E-state index is 12.0. The van der Waals surface area contributed by atoms with E-state index in [-0.39, 0.29) is 11.4 Å². The van der Waals surface area contributed by atoms with Gasteiger partial charge in [0.15, 0.2) is 0 Å². The van der Waals surface area contributed by atoms with Crippen molar-refractivity contribution in [3.8, 4) is 0 Å². The lowest BCUT2D eigenvalue weighted by molar-refractivity contribution is -0.123. The summed E-state index contributed by atoms with van der Waals surface area (Å²) in [7, 11) is 0. The first kappa shape index (κ1) is 14.4. The summed E-state index contributed by atoms with van der Waals surface area (Å²) in [6.07, 6.45) is 1.87. The Balaban J connectivity index is 3.02. The second-order valence-corrected chi connectivity index (χ2v) is 5.01. The molecule has 98 valence electrons. The van der Waals surface area contributed by atoms with E-state index in [2.05, 4.69) is 26.2 Å². The van der Waals surface area contributed by atoms with Crippen LogP contribution < -0.4 is 16.8 Å². The summed E-state index contributed by atoms with van der Waals surface area (Å²) in [5.41, 5.74) is 9.98. The summed E-state index contributed by atoms with van der Waals surface area (Å²) in [6.45, 7) is 3.32. The highest BCUT2D eigenvalue weighted by atomic mass is 79.9. The molecule has 2 amide bonds. The summed E-state index contributed by atoms with van der Waals surface area (Å²) in [4.78, 5) is 27.2. The lowest BCUT2D eigenvalue weighted by atomic mass is 9.97. The fourth-order valence-electron chi connectivity index (χ4n) is 1.27. The van der Waals surface area contributed by atoms with Crippen LogP contribution in [0.4, 0.5) is 5.82 Å². The Morgan fingerprint density at radius 3 is 2.67 bits per heavy atom. The van der Waals surface area contributed by atoms with E-state index in [1.54, 1.807) is 13.8 Å². The van der Waals surface area contributed by atoms with Crippen molar-refractivity contribution >= 4 is 33.6 Å². The van der Waals surface area contributed by atoms with Gasteiger partial charge in [-0.1, -0.05) is 6.92 Å². The first-order valence-electron chi connectivity index (χ1n) is 5.33. The SMILES string of the molecule is CCC(C)(NC(=O)c1cc(Br)cnc1N)C(N)=O. The zero-order valence-electron chi connectivity index (χ0n) is 10.2. The monoisotopic (exact) mass is 314 g/mol. The molecule has 0 aliphatic rings. The molecule has 1 unspecified atom stereocenters. The molecule has 0 aromatic carbocycles. The number of hydrogen-bond donors (Lipinski definition) is 3. The van der Waals surface area contributed by atoms with Crippen molar-refractivity contribution in [3.05, 3.63) is 22.3 Å². The molecule has 0 saturated carbocycles. The fourth-order valence-corrected chi connectivity index (χ4v) is 1.61. The largest absolute Gasteiger partial charge is 0.383 e. The number of carbonyl (C=O) groups excluding carboxylic acids is 2. The molecule has 7 heteroatoms. The van der Waals surface area contributed by atoms with Gasteiger partial charge in [-0.3, -0.25) is 9.59 Å². The molecule has 0 saturated heterocycles. The molecule has 0 fully saturated rings. The van der Waals surface area contributed by atoms with Crippen LogP contribution in [0.25, 0.3) is 0 Å². The highest BCUT2D eigenvalue weighted by molar-refractivity contribution is 9.10. The van der Waals surface area contributed by atoms with Gasteiger partial charge in [-0.2, -0.15) is 0 Å². The van der Waals surface area contributed by atoms with Gasteiger partial charge < -0.3 is 16.8 Å². The molecule has 1 heterocycles. The predicted molar refractivity (Wildman–Crippen MR) is 71.7 cm³/mol. The predicted octanol–water partition coefficient (Wildman–Crippen LogP) is 0.810. The smallest absolute Gasteiger partial charge is 0.255 e. The number of aromatic nitrogens is 1. The van der Waals surface area contributed by atoms with Crippen LogP contribution in [0.3, 0.4) is 0 Å². The molecule has 1 rings (SSSR count). The molecule has 1 atom stereocenters. The number of hydrogen-bond acceptors (Lipinski definition) is 4. The molecule has 0 radical (unpaired) electrons. The van der Waals surface area contributed by atoms with Crippen LogP contribution in [0.2, 0.25) is 0 Å². The minimum Gasteiger partial charge on any atom is -0.383 e. The highest BCUT2D eigenvalue weighted by Crippen LogP contribution is 2.17. The van der Waals surface area contributed by atoms with Gasteiger partial charge in [0.1, 0.15) is 11.4 Å². The second-order valence-electron chi connectivity index (χ2n) is 4.09. The van der Waals surface area contributed by atoms with E-state index >= 15 is 0 Å². The van der Waals surface area contributed by atoms with E-state index in [0.717, 1.165) is 0 Å². The van der Waals surface area contributed by atoms with Gasteiger partial charge in [0.05, 0.1) is 5.56 Å². The highest BCUT2D eigenvalue weighted by Gasteiger charge is 2.31. The molecule has 1 aromatic heterocycles. The third kappa shape index (κ3) is 2.98. The molecule has 18 heavy (non-hydrogen) atoms. The number of pyridine rings is 1. The molecule has 0 aliphatic heterocycles. The zero-order valence-corrected chi connectivity index (χ0v) is 11.7. The van der Waals surface area contributed by atoms with E-state index in [1.807, 2.05) is 0 Å². The minimum absolute atomic E-state index is 0.0959. The van der Waals surface area contributed by atoms with Crippen molar-refractivity contribution in [3.63, 3.8) is 0 Å². The third-order valence-electron chi connectivity index (χ3n) is 2.77.